The van der Waals surface area contributed by atoms with E-state index in [4.69, 9.17) is 0 Å². The van der Waals surface area contributed by atoms with E-state index in [2.05, 4.69) is 4.74 Å². The summed E-state index contributed by atoms with van der Waals surface area (Å²) < 4.78 is 4.46. The van der Waals surface area contributed by atoms with Gasteiger partial charge in [0.15, 0.2) is 0 Å². The van der Waals surface area contributed by atoms with Crippen molar-refractivity contribution < 1.29 is 9.53 Å². The van der Waals surface area contributed by atoms with Crippen molar-refractivity contribution in [2.45, 2.75) is 20.3 Å². The lowest BCUT2D eigenvalue weighted by atomic mass is 10.5. The number of carbonyl (C=O) groups is 1. The monoisotopic (exact) mass is 114 g/mol. The molecule has 0 saturated heterocycles. The highest BCUT2D eigenvalue weighted by atomic mass is 16.5. The molecular formula is C6H10O2. The fourth-order valence-electron chi connectivity index (χ4n) is 0.240. The molecule has 2 nitrogen and oxygen atoms in total. The lowest BCUT2D eigenvalue weighted by Gasteiger charge is -1.86. The van der Waals surface area contributed by atoms with Gasteiger partial charge in [0, 0.05) is 6.92 Å². The Kier molecular flexibility index (Phi) is 3.94. The molecule has 0 spiro atoms. The number of allylic oxidation sites excluding steroid dienone is 1. The summed E-state index contributed by atoms with van der Waals surface area (Å²) in [6.07, 6.45) is 4.08. The molecule has 0 rings (SSSR count). The van der Waals surface area contributed by atoms with Crippen molar-refractivity contribution in [2.75, 3.05) is 0 Å². The quantitative estimate of drug-likeness (QED) is 0.401. The van der Waals surface area contributed by atoms with Crippen LogP contribution in [-0.4, -0.2) is 5.97 Å². The largest absolute Gasteiger partial charge is 0.435 e. The molecule has 0 aromatic heterocycles. The Morgan fingerprint density at radius 1 is 1.75 bits per heavy atom. The Balaban J connectivity index is 3.16. The van der Waals surface area contributed by atoms with Gasteiger partial charge in [-0.3, -0.25) is 4.79 Å². The lowest BCUT2D eigenvalue weighted by molar-refractivity contribution is -0.135. The molecule has 0 heterocycles. The Morgan fingerprint density at radius 3 is 2.75 bits per heavy atom. The molecule has 2 heteroatoms. The zero-order valence-electron chi connectivity index (χ0n) is 5.18. The number of ether oxygens (including phenoxy) is 1. The summed E-state index contributed by atoms with van der Waals surface area (Å²) in [4.78, 5) is 10.0. The molecule has 0 radical (unpaired) electrons. The van der Waals surface area contributed by atoms with E-state index < -0.39 is 0 Å². The third-order valence-electron chi connectivity index (χ3n) is 0.566. The summed E-state index contributed by atoms with van der Waals surface area (Å²) in [5, 5.41) is 0. The van der Waals surface area contributed by atoms with Crippen molar-refractivity contribution in [3.63, 3.8) is 0 Å². The highest BCUT2D eigenvalue weighted by molar-refractivity contribution is 5.66. The van der Waals surface area contributed by atoms with Crippen molar-refractivity contribution in [3.05, 3.63) is 12.3 Å². The van der Waals surface area contributed by atoms with Crippen LogP contribution < -0.4 is 0 Å². The van der Waals surface area contributed by atoms with Crippen LogP contribution in [0.1, 0.15) is 20.3 Å². The molecule has 0 saturated carbocycles. The molecule has 46 valence electrons. The van der Waals surface area contributed by atoms with E-state index in [0.29, 0.717) is 0 Å². The van der Waals surface area contributed by atoms with Crippen molar-refractivity contribution in [1.29, 1.82) is 0 Å². The average Bonchev–Trinajstić information content (AvgIpc) is 1.66. The van der Waals surface area contributed by atoms with Crippen LogP contribution in [0.3, 0.4) is 0 Å². The van der Waals surface area contributed by atoms with E-state index in [1.165, 1.54) is 13.2 Å². The van der Waals surface area contributed by atoms with Crippen LogP contribution in [0, 0.1) is 0 Å². The SMILES string of the molecule is CCC=COC(C)=O. The second-order valence-electron chi connectivity index (χ2n) is 1.39. The van der Waals surface area contributed by atoms with Gasteiger partial charge in [-0.05, 0) is 12.5 Å². The van der Waals surface area contributed by atoms with E-state index >= 15 is 0 Å². The van der Waals surface area contributed by atoms with Crippen molar-refractivity contribution in [1.82, 2.24) is 0 Å². The number of hydrogen-bond donors (Lipinski definition) is 0. The van der Waals surface area contributed by atoms with Crippen LogP contribution >= 0.6 is 0 Å². The first-order valence-electron chi connectivity index (χ1n) is 2.59. The zero-order chi connectivity index (χ0) is 6.41. The van der Waals surface area contributed by atoms with Gasteiger partial charge in [-0.15, -0.1) is 0 Å². The summed E-state index contributed by atoms with van der Waals surface area (Å²) in [5.74, 6) is -0.269. The highest BCUT2D eigenvalue weighted by Crippen LogP contribution is 1.81. The number of carbonyl (C=O) groups excluding carboxylic acids is 1. The van der Waals surface area contributed by atoms with E-state index in [1.54, 1.807) is 6.08 Å². The van der Waals surface area contributed by atoms with Gasteiger partial charge in [-0.2, -0.15) is 0 Å². The highest BCUT2D eigenvalue weighted by Gasteiger charge is 1.81. The Morgan fingerprint density at radius 2 is 2.38 bits per heavy atom. The second kappa shape index (κ2) is 4.37. The summed E-state index contributed by atoms with van der Waals surface area (Å²) in [7, 11) is 0. The van der Waals surface area contributed by atoms with E-state index in [9.17, 15) is 4.79 Å². The summed E-state index contributed by atoms with van der Waals surface area (Å²) >= 11 is 0. The molecule has 0 aliphatic heterocycles. The van der Waals surface area contributed by atoms with Gasteiger partial charge >= 0.3 is 5.97 Å². The maximum absolute atomic E-state index is 10.0. The number of hydrogen-bond acceptors (Lipinski definition) is 2. The van der Waals surface area contributed by atoms with E-state index in [1.807, 2.05) is 6.92 Å². The minimum absolute atomic E-state index is 0.269. The minimum atomic E-state index is -0.269. The van der Waals surface area contributed by atoms with Gasteiger partial charge in [-0.25, -0.2) is 0 Å². The Labute approximate surface area is 49.1 Å². The standard InChI is InChI=1S/C6H10O2/c1-3-4-5-8-6(2)7/h4-5H,3H2,1-2H3. The molecule has 0 amide bonds. The second-order valence-corrected chi connectivity index (χ2v) is 1.39. The molecule has 0 N–H and O–H groups in total. The Bertz CT molecular complexity index is 94.7. The molecule has 0 aromatic rings. The van der Waals surface area contributed by atoms with Crippen molar-refractivity contribution in [2.24, 2.45) is 0 Å². The van der Waals surface area contributed by atoms with Crippen LogP contribution in [-0.2, 0) is 9.53 Å². The molecule has 0 aliphatic rings. The van der Waals surface area contributed by atoms with Gasteiger partial charge in [0.05, 0.1) is 6.26 Å². The molecule has 0 atom stereocenters. The molecule has 0 fully saturated rings. The van der Waals surface area contributed by atoms with Gasteiger partial charge < -0.3 is 4.74 Å². The predicted octanol–water partition coefficient (Wildman–Crippen LogP) is 1.47. The van der Waals surface area contributed by atoms with E-state index in [-0.39, 0.29) is 5.97 Å². The first kappa shape index (κ1) is 7.21. The van der Waals surface area contributed by atoms with Crippen LogP contribution in [0.2, 0.25) is 0 Å². The van der Waals surface area contributed by atoms with Crippen LogP contribution in [0.25, 0.3) is 0 Å². The van der Waals surface area contributed by atoms with Crippen LogP contribution in [0.15, 0.2) is 12.3 Å². The zero-order valence-corrected chi connectivity index (χ0v) is 5.18. The van der Waals surface area contributed by atoms with Gasteiger partial charge in [-0.1, -0.05) is 6.92 Å². The smallest absolute Gasteiger partial charge is 0.307 e. The summed E-state index contributed by atoms with van der Waals surface area (Å²) in [6.45, 7) is 3.35. The fourth-order valence-corrected chi connectivity index (χ4v) is 0.240. The Hall–Kier alpha value is -0.790. The number of esters is 1. The van der Waals surface area contributed by atoms with E-state index in [0.717, 1.165) is 6.42 Å². The molecule has 8 heavy (non-hydrogen) atoms. The van der Waals surface area contributed by atoms with Gasteiger partial charge in [0.2, 0.25) is 0 Å². The first-order valence-corrected chi connectivity index (χ1v) is 2.59. The van der Waals surface area contributed by atoms with Crippen molar-refractivity contribution in [3.8, 4) is 0 Å². The van der Waals surface area contributed by atoms with Crippen molar-refractivity contribution >= 4 is 5.97 Å². The molecule has 0 bridgehead atoms. The van der Waals surface area contributed by atoms with Gasteiger partial charge in [0.1, 0.15) is 0 Å². The molecular weight excluding hydrogens is 104 g/mol. The predicted molar refractivity (Wildman–Crippen MR) is 31.2 cm³/mol. The summed E-state index contributed by atoms with van der Waals surface area (Å²) in [5.41, 5.74) is 0. The normalized spacial score (nSPS) is 9.75. The third kappa shape index (κ3) is 5.21. The summed E-state index contributed by atoms with van der Waals surface area (Å²) in [6, 6.07) is 0. The number of rotatable bonds is 2. The molecule has 0 unspecified atom stereocenters. The van der Waals surface area contributed by atoms with Crippen LogP contribution in [0.5, 0.6) is 0 Å². The maximum Gasteiger partial charge on any atom is 0.307 e. The topological polar surface area (TPSA) is 26.3 Å². The van der Waals surface area contributed by atoms with Crippen LogP contribution in [0.4, 0.5) is 0 Å². The third-order valence-corrected chi connectivity index (χ3v) is 0.566. The molecule has 0 aliphatic carbocycles. The minimum Gasteiger partial charge on any atom is -0.435 e. The molecule has 0 aromatic carbocycles. The lowest BCUT2D eigenvalue weighted by Crippen LogP contribution is -1.88. The average molecular weight is 114 g/mol. The van der Waals surface area contributed by atoms with Gasteiger partial charge in [0.25, 0.3) is 0 Å². The first-order chi connectivity index (χ1) is 3.77. The fraction of sp³-hybridized carbons (Fsp3) is 0.500. The maximum atomic E-state index is 10.0.